The maximum Gasteiger partial charge on any atom is 0.266 e. The summed E-state index contributed by atoms with van der Waals surface area (Å²) in [5, 5.41) is 0.881. The molecule has 0 saturated carbocycles. The number of hydrogen-bond acceptors (Lipinski definition) is 4. The molecule has 0 radical (unpaired) electrons. The third-order valence-electron chi connectivity index (χ3n) is 5.54. The van der Waals surface area contributed by atoms with Crippen LogP contribution in [0.3, 0.4) is 0 Å². The van der Waals surface area contributed by atoms with Gasteiger partial charge in [-0.3, -0.25) is 4.79 Å². The molecule has 0 spiro atoms. The van der Waals surface area contributed by atoms with Crippen molar-refractivity contribution >= 4 is 29.1 Å². The molecule has 1 fully saturated rings. The predicted molar refractivity (Wildman–Crippen MR) is 125 cm³/mol. The van der Waals surface area contributed by atoms with Gasteiger partial charge in [-0.15, -0.1) is 0 Å². The first-order valence-electron chi connectivity index (χ1n) is 10.2. The van der Waals surface area contributed by atoms with E-state index in [1.54, 1.807) is 25.2 Å². The maximum atomic E-state index is 13.1. The van der Waals surface area contributed by atoms with Crippen LogP contribution in [0.15, 0.2) is 66.7 Å². The molecule has 1 aliphatic heterocycles. The Bertz CT molecular complexity index is 1110. The van der Waals surface area contributed by atoms with Gasteiger partial charge in [-0.1, -0.05) is 59.6 Å². The van der Waals surface area contributed by atoms with Crippen LogP contribution in [-0.4, -0.2) is 37.7 Å². The highest BCUT2D eigenvalue weighted by Gasteiger charge is 2.50. The number of β-lactam (4-membered cyclic amide) rings is 1. The second-order valence-corrected chi connectivity index (χ2v) is 8.20. The lowest BCUT2D eigenvalue weighted by Crippen LogP contribution is -2.61. The number of amides is 1. The van der Waals surface area contributed by atoms with E-state index in [4.69, 9.17) is 37.4 Å². The summed E-state index contributed by atoms with van der Waals surface area (Å²) in [7, 11) is 3.20. The van der Waals surface area contributed by atoms with Crippen LogP contribution in [0, 0.1) is 0 Å². The normalized spacial score (nSPS) is 17.6. The van der Waals surface area contributed by atoms with E-state index in [2.05, 4.69) is 0 Å². The summed E-state index contributed by atoms with van der Waals surface area (Å²) in [5.74, 6) is 1.86. The van der Waals surface area contributed by atoms with Crippen molar-refractivity contribution in [3.05, 3.63) is 87.9 Å². The minimum absolute atomic E-state index is 0.0876. The lowest BCUT2D eigenvalue weighted by Gasteiger charge is -2.47. The highest BCUT2D eigenvalue weighted by molar-refractivity contribution is 6.42. The maximum absolute atomic E-state index is 13.1. The quantitative estimate of drug-likeness (QED) is 0.402. The van der Waals surface area contributed by atoms with Crippen LogP contribution in [0.2, 0.25) is 10.0 Å². The van der Waals surface area contributed by atoms with Crippen molar-refractivity contribution in [1.29, 1.82) is 0 Å². The van der Waals surface area contributed by atoms with Crippen LogP contribution < -0.4 is 14.2 Å². The Hall–Kier alpha value is -2.89. The first kappa shape index (κ1) is 22.3. The van der Waals surface area contributed by atoms with Gasteiger partial charge >= 0.3 is 0 Å². The number of methoxy groups -OCH3 is 2. The number of para-hydroxylation sites is 1. The number of rotatable bonds is 8. The second-order valence-electron chi connectivity index (χ2n) is 7.41. The molecule has 5 nitrogen and oxygen atoms in total. The number of halogens is 2. The van der Waals surface area contributed by atoms with Crippen molar-refractivity contribution < 1.29 is 19.0 Å². The molecule has 3 aromatic carbocycles. The van der Waals surface area contributed by atoms with Gasteiger partial charge in [0.15, 0.2) is 11.5 Å². The third kappa shape index (κ3) is 4.36. The number of nitrogens with zero attached hydrogens (tertiary/aromatic N) is 1. The Kier molecular flexibility index (Phi) is 6.77. The van der Waals surface area contributed by atoms with Gasteiger partial charge in [-0.25, -0.2) is 0 Å². The summed E-state index contributed by atoms with van der Waals surface area (Å²) in [6, 6.07) is 20.1. The standard InChI is InChI=1S/C25H23Cl2NO4/c1-30-20-12-11-16(15-21(20)31-2)13-14-28-23(18-9-6-10-19(26)22(18)27)24(25(28)29)32-17-7-4-3-5-8-17/h3-12,15,23-24H,13-14H2,1-2H3/t23-,24+/m0/s1. The van der Waals surface area contributed by atoms with Crippen molar-refractivity contribution in [1.82, 2.24) is 4.90 Å². The van der Waals surface area contributed by atoms with Gasteiger partial charge in [-0.2, -0.15) is 0 Å². The number of ether oxygens (including phenoxy) is 3. The van der Waals surface area contributed by atoms with Gasteiger partial charge in [0.25, 0.3) is 5.91 Å². The molecule has 3 aromatic rings. The summed E-state index contributed by atoms with van der Waals surface area (Å²) in [4.78, 5) is 14.9. The van der Waals surface area contributed by atoms with Crippen molar-refractivity contribution in [3.63, 3.8) is 0 Å². The predicted octanol–water partition coefficient (Wildman–Crippen LogP) is 5.58. The number of likely N-dealkylation sites (tertiary alicyclic amines) is 1. The van der Waals surface area contributed by atoms with E-state index < -0.39 is 6.10 Å². The van der Waals surface area contributed by atoms with E-state index in [1.807, 2.05) is 60.7 Å². The fourth-order valence-electron chi connectivity index (χ4n) is 3.89. The number of carbonyl (C=O) groups excluding carboxylic acids is 1. The van der Waals surface area contributed by atoms with Crippen molar-refractivity contribution in [2.75, 3.05) is 20.8 Å². The van der Waals surface area contributed by atoms with E-state index >= 15 is 0 Å². The second kappa shape index (κ2) is 9.72. The van der Waals surface area contributed by atoms with Crippen LogP contribution in [0.4, 0.5) is 0 Å². The van der Waals surface area contributed by atoms with E-state index in [0.29, 0.717) is 40.3 Å². The molecule has 7 heteroatoms. The monoisotopic (exact) mass is 471 g/mol. The first-order chi connectivity index (χ1) is 15.5. The third-order valence-corrected chi connectivity index (χ3v) is 6.38. The van der Waals surface area contributed by atoms with Crippen molar-refractivity contribution in [2.45, 2.75) is 18.6 Å². The summed E-state index contributed by atoms with van der Waals surface area (Å²) in [5.41, 5.74) is 1.80. The SMILES string of the molecule is COc1ccc(CCN2C(=O)[C@H](Oc3ccccc3)[C@@H]2c2cccc(Cl)c2Cl)cc1OC. The fraction of sp³-hybridized carbons (Fsp3) is 0.240. The van der Waals surface area contributed by atoms with Crippen LogP contribution >= 0.6 is 23.2 Å². The molecule has 32 heavy (non-hydrogen) atoms. The molecule has 0 aliphatic carbocycles. The van der Waals surface area contributed by atoms with Crippen molar-refractivity contribution in [3.8, 4) is 17.2 Å². The molecule has 0 unspecified atom stereocenters. The van der Waals surface area contributed by atoms with Gasteiger partial charge < -0.3 is 19.1 Å². The van der Waals surface area contributed by atoms with Crippen LogP contribution in [-0.2, 0) is 11.2 Å². The average molecular weight is 472 g/mol. The van der Waals surface area contributed by atoms with Crippen LogP contribution in [0.25, 0.3) is 0 Å². The molecule has 2 atom stereocenters. The zero-order valence-corrected chi connectivity index (χ0v) is 19.3. The summed E-state index contributed by atoms with van der Waals surface area (Å²) >= 11 is 12.8. The van der Waals surface area contributed by atoms with Crippen LogP contribution in [0.1, 0.15) is 17.2 Å². The molecular formula is C25H23Cl2NO4. The summed E-state index contributed by atoms with van der Waals surface area (Å²) in [6.45, 7) is 0.497. The Morgan fingerprint density at radius 2 is 1.66 bits per heavy atom. The zero-order chi connectivity index (χ0) is 22.7. The van der Waals surface area contributed by atoms with Crippen molar-refractivity contribution in [2.24, 2.45) is 0 Å². The Labute approximate surface area is 197 Å². The van der Waals surface area contributed by atoms with Gasteiger partial charge in [0.1, 0.15) is 11.8 Å². The molecule has 1 saturated heterocycles. The van der Waals surface area contributed by atoms with Gasteiger partial charge in [0.05, 0.1) is 24.3 Å². The molecule has 0 bridgehead atoms. The lowest BCUT2D eigenvalue weighted by atomic mass is 9.89. The van der Waals surface area contributed by atoms with Gasteiger partial charge in [0.2, 0.25) is 6.10 Å². The van der Waals surface area contributed by atoms with E-state index in [-0.39, 0.29) is 11.9 Å². The Morgan fingerprint density at radius 3 is 2.38 bits per heavy atom. The lowest BCUT2D eigenvalue weighted by molar-refractivity contribution is -0.164. The average Bonchev–Trinajstić information content (AvgIpc) is 2.83. The Balaban J connectivity index is 1.57. The minimum Gasteiger partial charge on any atom is -0.493 e. The molecular weight excluding hydrogens is 449 g/mol. The topological polar surface area (TPSA) is 48.0 Å². The largest absolute Gasteiger partial charge is 0.493 e. The number of benzene rings is 3. The number of hydrogen-bond donors (Lipinski definition) is 0. The number of carbonyl (C=O) groups is 1. The van der Waals surface area contributed by atoms with Gasteiger partial charge in [0, 0.05) is 6.54 Å². The molecule has 4 rings (SSSR count). The molecule has 1 heterocycles. The molecule has 166 valence electrons. The van der Waals surface area contributed by atoms with E-state index in [1.165, 1.54) is 0 Å². The summed E-state index contributed by atoms with van der Waals surface area (Å²) in [6.07, 6.45) is -0.0301. The minimum atomic E-state index is -0.668. The first-order valence-corrected chi connectivity index (χ1v) is 11.0. The molecule has 0 N–H and O–H groups in total. The van der Waals surface area contributed by atoms with Gasteiger partial charge in [-0.05, 0) is 47.9 Å². The van der Waals surface area contributed by atoms with E-state index in [9.17, 15) is 4.79 Å². The molecule has 1 aliphatic rings. The highest BCUT2D eigenvalue weighted by atomic mass is 35.5. The molecule has 0 aromatic heterocycles. The molecule has 1 amide bonds. The van der Waals surface area contributed by atoms with Crippen LogP contribution in [0.5, 0.6) is 17.2 Å². The Morgan fingerprint density at radius 1 is 0.906 bits per heavy atom. The zero-order valence-electron chi connectivity index (χ0n) is 17.8. The highest BCUT2D eigenvalue weighted by Crippen LogP contribution is 2.42. The smallest absolute Gasteiger partial charge is 0.266 e. The summed E-state index contributed by atoms with van der Waals surface area (Å²) < 4.78 is 16.7. The fourth-order valence-corrected chi connectivity index (χ4v) is 4.31. The van der Waals surface area contributed by atoms with E-state index in [0.717, 1.165) is 11.1 Å².